The van der Waals surface area contributed by atoms with E-state index >= 15 is 0 Å². The quantitative estimate of drug-likeness (QED) is 0.452. The van der Waals surface area contributed by atoms with Crippen LogP contribution >= 0.6 is 0 Å². The third-order valence-corrected chi connectivity index (χ3v) is 6.01. The Hall–Kier alpha value is -1.30. The highest BCUT2D eigenvalue weighted by atomic mass is 16.2. The van der Waals surface area contributed by atoms with Gasteiger partial charge < -0.3 is 15.5 Å². The minimum Gasteiger partial charge on any atom is -0.357 e. The molecule has 1 amide bonds. The smallest absolute Gasteiger partial charge is 0.222 e. The molecule has 6 heteroatoms. The fraction of sp³-hybridized carbons (Fsp3) is 0.905. The van der Waals surface area contributed by atoms with Crippen LogP contribution in [0.3, 0.4) is 0 Å². The largest absolute Gasteiger partial charge is 0.357 e. The molecule has 0 bridgehead atoms. The average Bonchev–Trinajstić information content (AvgIpc) is 3.11. The van der Waals surface area contributed by atoms with E-state index < -0.39 is 0 Å². The summed E-state index contributed by atoms with van der Waals surface area (Å²) in [5, 5.41) is 6.85. The van der Waals surface area contributed by atoms with Crippen molar-refractivity contribution >= 4 is 11.9 Å². The molecule has 2 atom stereocenters. The zero-order chi connectivity index (χ0) is 19.5. The van der Waals surface area contributed by atoms with Gasteiger partial charge in [0, 0.05) is 51.2 Å². The maximum absolute atomic E-state index is 12.0. The second-order valence-corrected chi connectivity index (χ2v) is 7.82. The molecule has 6 nitrogen and oxygen atoms in total. The van der Waals surface area contributed by atoms with Gasteiger partial charge in [0.1, 0.15) is 0 Å². The zero-order valence-electron chi connectivity index (χ0n) is 17.8. The Morgan fingerprint density at radius 3 is 2.70 bits per heavy atom. The maximum Gasteiger partial charge on any atom is 0.222 e. The molecule has 27 heavy (non-hydrogen) atoms. The summed E-state index contributed by atoms with van der Waals surface area (Å²) in [6.45, 7) is 12.4. The lowest BCUT2D eigenvalue weighted by Crippen LogP contribution is -2.46. The highest BCUT2D eigenvalue weighted by Crippen LogP contribution is 2.19. The molecule has 2 saturated heterocycles. The van der Waals surface area contributed by atoms with Gasteiger partial charge in [-0.2, -0.15) is 0 Å². The number of hydrogen-bond donors (Lipinski definition) is 2. The van der Waals surface area contributed by atoms with Crippen LogP contribution in [0.5, 0.6) is 0 Å². The predicted octanol–water partition coefficient (Wildman–Crippen LogP) is 2.60. The summed E-state index contributed by atoms with van der Waals surface area (Å²) in [7, 11) is 0. The third kappa shape index (κ3) is 6.98. The van der Waals surface area contributed by atoms with E-state index in [-0.39, 0.29) is 0 Å². The molecule has 0 aliphatic carbocycles. The van der Waals surface area contributed by atoms with E-state index in [4.69, 9.17) is 4.99 Å². The molecule has 156 valence electrons. The molecule has 0 radical (unpaired) electrons. The van der Waals surface area contributed by atoms with Gasteiger partial charge in [0.05, 0.1) is 0 Å². The molecule has 2 unspecified atom stereocenters. The highest BCUT2D eigenvalue weighted by Gasteiger charge is 2.26. The van der Waals surface area contributed by atoms with Gasteiger partial charge in [-0.25, -0.2) is 0 Å². The SMILES string of the molecule is CCNC(=NCCC(CC)N1CCCC1=O)NCCN1CCCCC1CC. The van der Waals surface area contributed by atoms with Crippen molar-refractivity contribution in [3.63, 3.8) is 0 Å². The van der Waals surface area contributed by atoms with Crippen LogP contribution in [0.2, 0.25) is 0 Å². The van der Waals surface area contributed by atoms with Crippen molar-refractivity contribution in [1.82, 2.24) is 20.4 Å². The number of likely N-dealkylation sites (tertiary alicyclic amines) is 2. The number of guanidine groups is 1. The summed E-state index contributed by atoms with van der Waals surface area (Å²) in [6.07, 6.45) is 9.00. The molecule has 0 spiro atoms. The van der Waals surface area contributed by atoms with Crippen molar-refractivity contribution in [2.75, 3.05) is 39.3 Å². The number of rotatable bonds is 10. The Balaban J connectivity index is 1.76. The van der Waals surface area contributed by atoms with Crippen LogP contribution in [-0.2, 0) is 4.79 Å². The number of piperidine rings is 1. The fourth-order valence-corrected chi connectivity index (χ4v) is 4.44. The second-order valence-electron chi connectivity index (χ2n) is 7.82. The molecule has 2 N–H and O–H groups in total. The van der Waals surface area contributed by atoms with Crippen LogP contribution < -0.4 is 10.6 Å². The number of carbonyl (C=O) groups is 1. The number of nitrogens with zero attached hydrogens (tertiary/aromatic N) is 3. The summed E-state index contributed by atoms with van der Waals surface area (Å²) in [5.74, 6) is 1.23. The Kier molecular flexibility index (Phi) is 9.95. The summed E-state index contributed by atoms with van der Waals surface area (Å²) in [5.41, 5.74) is 0. The molecule has 0 saturated carbocycles. The first-order chi connectivity index (χ1) is 13.2. The van der Waals surface area contributed by atoms with Gasteiger partial charge in [-0.15, -0.1) is 0 Å². The standard InChI is InChI=1S/C21H41N5O/c1-4-18-10-7-8-15-25(18)17-14-24-21(22-6-3)23-13-12-19(5-2)26-16-9-11-20(26)27/h18-19H,4-17H2,1-3H3,(H2,22,23,24). The molecule has 2 aliphatic heterocycles. The van der Waals surface area contributed by atoms with Gasteiger partial charge in [0.15, 0.2) is 5.96 Å². The van der Waals surface area contributed by atoms with Gasteiger partial charge in [-0.05, 0) is 52.0 Å². The molecule has 2 aliphatic rings. The van der Waals surface area contributed by atoms with Crippen molar-refractivity contribution in [2.24, 2.45) is 4.99 Å². The fourth-order valence-electron chi connectivity index (χ4n) is 4.44. The lowest BCUT2D eigenvalue weighted by atomic mass is 10.0. The Morgan fingerprint density at radius 1 is 1.19 bits per heavy atom. The van der Waals surface area contributed by atoms with Crippen molar-refractivity contribution in [1.29, 1.82) is 0 Å². The highest BCUT2D eigenvalue weighted by molar-refractivity contribution is 5.80. The van der Waals surface area contributed by atoms with E-state index in [1.165, 1.54) is 32.2 Å². The van der Waals surface area contributed by atoms with Crippen LogP contribution in [0, 0.1) is 0 Å². The van der Waals surface area contributed by atoms with Crippen LogP contribution in [-0.4, -0.2) is 73.0 Å². The first-order valence-electron chi connectivity index (χ1n) is 11.2. The topological polar surface area (TPSA) is 60.0 Å². The average molecular weight is 380 g/mol. The number of carbonyl (C=O) groups excluding carboxylic acids is 1. The van der Waals surface area contributed by atoms with Gasteiger partial charge in [0.2, 0.25) is 5.91 Å². The number of amides is 1. The van der Waals surface area contributed by atoms with Gasteiger partial charge in [0.25, 0.3) is 0 Å². The first-order valence-corrected chi connectivity index (χ1v) is 11.2. The normalized spacial score (nSPS) is 22.9. The minimum absolute atomic E-state index is 0.322. The molecule has 0 aromatic rings. The number of hydrogen-bond acceptors (Lipinski definition) is 3. The van der Waals surface area contributed by atoms with E-state index in [1.807, 2.05) is 0 Å². The Morgan fingerprint density at radius 2 is 2.04 bits per heavy atom. The van der Waals surface area contributed by atoms with Crippen LogP contribution in [0.25, 0.3) is 0 Å². The Bertz CT molecular complexity index is 467. The lowest BCUT2D eigenvalue weighted by molar-refractivity contribution is -0.129. The van der Waals surface area contributed by atoms with E-state index in [1.54, 1.807) is 0 Å². The van der Waals surface area contributed by atoms with Crippen LogP contribution in [0.15, 0.2) is 4.99 Å². The first kappa shape index (κ1) is 22.0. The monoisotopic (exact) mass is 379 g/mol. The molecule has 2 rings (SSSR count). The summed E-state index contributed by atoms with van der Waals surface area (Å²) < 4.78 is 0. The molecular weight excluding hydrogens is 338 g/mol. The molecule has 0 aromatic heterocycles. The summed E-state index contributed by atoms with van der Waals surface area (Å²) in [4.78, 5) is 21.4. The van der Waals surface area contributed by atoms with Crippen LogP contribution in [0.4, 0.5) is 0 Å². The number of nitrogens with one attached hydrogen (secondary N) is 2. The number of aliphatic imine (C=N–C) groups is 1. The Labute approximate surface area is 166 Å². The lowest BCUT2D eigenvalue weighted by Gasteiger charge is -2.35. The van der Waals surface area contributed by atoms with Gasteiger partial charge >= 0.3 is 0 Å². The molecule has 2 fully saturated rings. The van der Waals surface area contributed by atoms with E-state index in [2.05, 4.69) is 41.2 Å². The molecule has 0 aromatic carbocycles. The molecular formula is C21H41N5O. The van der Waals surface area contributed by atoms with Gasteiger partial charge in [-0.1, -0.05) is 20.3 Å². The van der Waals surface area contributed by atoms with E-state index in [0.29, 0.717) is 11.9 Å². The summed E-state index contributed by atoms with van der Waals surface area (Å²) in [6, 6.07) is 1.09. The zero-order valence-corrected chi connectivity index (χ0v) is 17.8. The van der Waals surface area contributed by atoms with Crippen molar-refractivity contribution < 1.29 is 4.79 Å². The van der Waals surface area contributed by atoms with Crippen molar-refractivity contribution in [2.45, 2.75) is 84.2 Å². The van der Waals surface area contributed by atoms with Gasteiger partial charge in [-0.3, -0.25) is 14.7 Å². The van der Waals surface area contributed by atoms with E-state index in [9.17, 15) is 4.79 Å². The second kappa shape index (κ2) is 12.2. The van der Waals surface area contributed by atoms with E-state index in [0.717, 1.165) is 70.4 Å². The third-order valence-electron chi connectivity index (χ3n) is 6.01. The van der Waals surface area contributed by atoms with Crippen LogP contribution in [0.1, 0.15) is 72.1 Å². The minimum atomic E-state index is 0.322. The summed E-state index contributed by atoms with van der Waals surface area (Å²) >= 11 is 0. The molecule has 2 heterocycles. The van der Waals surface area contributed by atoms with Crippen molar-refractivity contribution in [3.8, 4) is 0 Å². The predicted molar refractivity (Wildman–Crippen MR) is 113 cm³/mol. The maximum atomic E-state index is 12.0. The van der Waals surface area contributed by atoms with Crippen molar-refractivity contribution in [3.05, 3.63) is 0 Å².